The van der Waals surface area contributed by atoms with Gasteiger partial charge in [0, 0.05) is 9.92 Å². The Bertz CT molecular complexity index is 1350. The van der Waals surface area contributed by atoms with Gasteiger partial charge in [0.1, 0.15) is 16.4 Å². The first-order valence-corrected chi connectivity index (χ1v) is 12.8. The molecule has 0 saturated heterocycles. The third-order valence-electron chi connectivity index (χ3n) is 5.23. The number of hydrogen-bond acceptors (Lipinski definition) is 7. The smallest absolute Gasteiger partial charge is 0.338 e. The Morgan fingerprint density at radius 3 is 2.30 bits per heavy atom. The van der Waals surface area contributed by atoms with Crippen molar-refractivity contribution in [2.45, 2.75) is 31.8 Å². The molecule has 0 fully saturated rings. The molecular weight excluding hydrogens is 512 g/mol. The molecule has 3 aromatic carbocycles. The monoisotopic (exact) mass is 536 g/mol. The highest BCUT2D eigenvalue weighted by Crippen LogP contribution is 2.39. The summed E-state index contributed by atoms with van der Waals surface area (Å²) in [6, 6.07) is 20.4. The number of benzene rings is 3. The largest absolute Gasteiger partial charge is 0.492 e. The number of esters is 1. The van der Waals surface area contributed by atoms with Gasteiger partial charge in [-0.3, -0.25) is 9.59 Å². The standard InChI is InChI=1S/C28H25ClN2O5S/c1-4-35-23-8-6-5-7-22(23)30-24-25(37-21-15-11-19(29)12-16-21)27(33)31(26(24)32)20-13-9-18(10-14-20)28(34)36-17(2)3/h5-17,30H,4H2,1-3H3. The molecule has 0 atom stereocenters. The summed E-state index contributed by atoms with van der Waals surface area (Å²) in [5.41, 5.74) is 1.34. The Kier molecular flexibility index (Phi) is 8.21. The molecule has 1 heterocycles. The van der Waals surface area contributed by atoms with E-state index in [0.717, 1.165) is 21.6 Å². The number of carbonyl (C=O) groups excluding carboxylic acids is 3. The SMILES string of the molecule is CCOc1ccccc1NC1=C(Sc2ccc(Cl)cc2)C(=O)N(c2ccc(C(=O)OC(C)C)cc2)C1=O. The first-order valence-electron chi connectivity index (χ1n) is 11.6. The number of amides is 2. The van der Waals surface area contributed by atoms with E-state index in [-0.39, 0.29) is 16.7 Å². The van der Waals surface area contributed by atoms with Gasteiger partial charge in [-0.05, 0) is 81.4 Å². The second-order valence-electron chi connectivity index (χ2n) is 8.26. The maximum absolute atomic E-state index is 13.6. The molecule has 1 N–H and O–H groups in total. The zero-order chi connectivity index (χ0) is 26.5. The third-order valence-corrected chi connectivity index (χ3v) is 6.57. The molecule has 2 amide bonds. The van der Waals surface area contributed by atoms with Gasteiger partial charge >= 0.3 is 5.97 Å². The van der Waals surface area contributed by atoms with E-state index >= 15 is 0 Å². The van der Waals surface area contributed by atoms with Crippen LogP contribution in [0.2, 0.25) is 5.02 Å². The Hall–Kier alpha value is -3.75. The summed E-state index contributed by atoms with van der Waals surface area (Å²) in [6.45, 7) is 5.83. The quantitative estimate of drug-likeness (QED) is 0.254. The van der Waals surface area contributed by atoms with Crippen molar-refractivity contribution in [2.24, 2.45) is 0 Å². The number of para-hydroxylation sites is 2. The van der Waals surface area contributed by atoms with Crippen molar-refractivity contribution in [3.8, 4) is 5.75 Å². The van der Waals surface area contributed by atoms with Gasteiger partial charge in [0.05, 0.1) is 29.6 Å². The number of halogens is 1. The molecular formula is C28H25ClN2O5S. The minimum Gasteiger partial charge on any atom is -0.492 e. The van der Waals surface area contributed by atoms with E-state index in [1.807, 2.05) is 19.1 Å². The molecule has 1 aliphatic heterocycles. The lowest BCUT2D eigenvalue weighted by Gasteiger charge is -2.16. The van der Waals surface area contributed by atoms with Crippen molar-refractivity contribution < 1.29 is 23.9 Å². The molecule has 7 nitrogen and oxygen atoms in total. The van der Waals surface area contributed by atoms with Crippen LogP contribution >= 0.6 is 23.4 Å². The van der Waals surface area contributed by atoms with Crippen molar-refractivity contribution in [1.82, 2.24) is 0 Å². The van der Waals surface area contributed by atoms with Crippen molar-refractivity contribution in [3.05, 3.63) is 94.0 Å². The highest BCUT2D eigenvalue weighted by molar-refractivity contribution is 8.04. The normalized spacial score (nSPS) is 13.4. The van der Waals surface area contributed by atoms with Crippen LogP contribution in [0.4, 0.5) is 11.4 Å². The van der Waals surface area contributed by atoms with Crippen LogP contribution < -0.4 is 15.0 Å². The second-order valence-corrected chi connectivity index (χ2v) is 9.78. The number of carbonyl (C=O) groups is 3. The van der Waals surface area contributed by atoms with Gasteiger partial charge in [0.25, 0.3) is 11.8 Å². The minimum absolute atomic E-state index is 0.125. The highest BCUT2D eigenvalue weighted by Gasteiger charge is 2.40. The summed E-state index contributed by atoms with van der Waals surface area (Å²) in [4.78, 5) is 41.5. The number of ether oxygens (including phenoxy) is 2. The molecule has 0 radical (unpaired) electrons. The topological polar surface area (TPSA) is 84.9 Å². The molecule has 0 spiro atoms. The molecule has 37 heavy (non-hydrogen) atoms. The molecule has 0 aliphatic carbocycles. The van der Waals surface area contributed by atoms with Gasteiger partial charge in [0.15, 0.2) is 0 Å². The number of imide groups is 1. The lowest BCUT2D eigenvalue weighted by Crippen LogP contribution is -2.32. The predicted molar refractivity (Wildman–Crippen MR) is 145 cm³/mol. The Balaban J connectivity index is 1.69. The average Bonchev–Trinajstić information content (AvgIpc) is 3.10. The van der Waals surface area contributed by atoms with Gasteiger partial charge in [-0.1, -0.05) is 35.5 Å². The molecule has 0 aromatic heterocycles. The molecule has 0 bridgehead atoms. The molecule has 4 rings (SSSR count). The number of nitrogens with one attached hydrogen (secondary N) is 1. The van der Waals surface area contributed by atoms with Crippen LogP contribution in [0.3, 0.4) is 0 Å². The Morgan fingerprint density at radius 1 is 0.973 bits per heavy atom. The summed E-state index contributed by atoms with van der Waals surface area (Å²) in [5, 5.41) is 3.69. The van der Waals surface area contributed by atoms with E-state index in [9.17, 15) is 14.4 Å². The van der Waals surface area contributed by atoms with Gasteiger partial charge in [0.2, 0.25) is 0 Å². The number of nitrogens with zero attached hydrogens (tertiary/aromatic N) is 1. The number of hydrogen-bond donors (Lipinski definition) is 1. The van der Waals surface area contributed by atoms with Crippen LogP contribution in [0.1, 0.15) is 31.1 Å². The Labute approximate surface area is 224 Å². The minimum atomic E-state index is -0.523. The molecule has 1 aliphatic rings. The number of rotatable bonds is 9. The summed E-state index contributed by atoms with van der Waals surface area (Å²) < 4.78 is 10.9. The Morgan fingerprint density at radius 2 is 1.65 bits per heavy atom. The lowest BCUT2D eigenvalue weighted by atomic mass is 10.2. The van der Waals surface area contributed by atoms with E-state index < -0.39 is 17.8 Å². The maximum Gasteiger partial charge on any atom is 0.338 e. The van der Waals surface area contributed by atoms with Gasteiger partial charge in [-0.25, -0.2) is 9.69 Å². The van der Waals surface area contributed by atoms with Crippen molar-refractivity contribution >= 4 is 52.5 Å². The van der Waals surface area contributed by atoms with Crippen LogP contribution in [0, 0.1) is 0 Å². The molecule has 9 heteroatoms. The fourth-order valence-corrected chi connectivity index (χ4v) is 4.64. The van der Waals surface area contributed by atoms with Crippen LogP contribution in [-0.4, -0.2) is 30.5 Å². The van der Waals surface area contributed by atoms with E-state index in [4.69, 9.17) is 21.1 Å². The van der Waals surface area contributed by atoms with E-state index in [0.29, 0.717) is 34.3 Å². The van der Waals surface area contributed by atoms with Crippen LogP contribution in [0.25, 0.3) is 0 Å². The van der Waals surface area contributed by atoms with Crippen LogP contribution in [0.15, 0.2) is 88.3 Å². The molecule has 0 unspecified atom stereocenters. The second kappa shape index (κ2) is 11.5. The highest BCUT2D eigenvalue weighted by atomic mass is 35.5. The summed E-state index contributed by atoms with van der Waals surface area (Å²) in [6.07, 6.45) is -0.265. The first kappa shape index (κ1) is 26.3. The number of thioether (sulfide) groups is 1. The van der Waals surface area contributed by atoms with E-state index in [1.165, 1.54) is 12.1 Å². The zero-order valence-corrected chi connectivity index (χ0v) is 22.1. The van der Waals surface area contributed by atoms with Crippen LogP contribution in [0.5, 0.6) is 5.75 Å². The molecule has 0 saturated carbocycles. The molecule has 3 aromatic rings. The molecule has 190 valence electrons. The van der Waals surface area contributed by atoms with E-state index in [1.54, 1.807) is 62.4 Å². The average molecular weight is 537 g/mol. The first-order chi connectivity index (χ1) is 17.8. The van der Waals surface area contributed by atoms with Crippen LogP contribution in [-0.2, 0) is 14.3 Å². The third kappa shape index (κ3) is 5.98. The lowest BCUT2D eigenvalue weighted by molar-refractivity contribution is -0.120. The predicted octanol–water partition coefficient (Wildman–Crippen LogP) is 6.29. The van der Waals surface area contributed by atoms with E-state index in [2.05, 4.69) is 5.32 Å². The van der Waals surface area contributed by atoms with Crippen molar-refractivity contribution in [1.29, 1.82) is 0 Å². The zero-order valence-electron chi connectivity index (χ0n) is 20.5. The van der Waals surface area contributed by atoms with Gasteiger partial charge in [-0.2, -0.15) is 0 Å². The fraction of sp³-hybridized carbons (Fsp3) is 0.179. The summed E-state index contributed by atoms with van der Waals surface area (Å²) in [7, 11) is 0. The van der Waals surface area contributed by atoms with Crippen molar-refractivity contribution in [2.75, 3.05) is 16.8 Å². The van der Waals surface area contributed by atoms with Gasteiger partial charge in [-0.15, -0.1) is 0 Å². The van der Waals surface area contributed by atoms with Crippen molar-refractivity contribution in [3.63, 3.8) is 0 Å². The summed E-state index contributed by atoms with van der Waals surface area (Å²) >= 11 is 7.18. The maximum atomic E-state index is 13.6. The number of anilines is 2. The fourth-order valence-electron chi connectivity index (χ4n) is 3.58. The van der Waals surface area contributed by atoms with Gasteiger partial charge < -0.3 is 14.8 Å². The summed E-state index contributed by atoms with van der Waals surface area (Å²) in [5.74, 6) is -0.934.